The van der Waals surface area contributed by atoms with Gasteiger partial charge in [-0.2, -0.15) is 0 Å². The van der Waals surface area contributed by atoms with E-state index in [0.717, 1.165) is 24.0 Å². The Morgan fingerprint density at radius 3 is 2.89 bits per heavy atom. The average molecular weight is 326 g/mol. The first-order valence-electron chi connectivity index (χ1n) is 6.52. The van der Waals surface area contributed by atoms with Gasteiger partial charge in [0, 0.05) is 24.6 Å². The van der Waals surface area contributed by atoms with Gasteiger partial charge in [-0.15, -0.1) is 0 Å². The number of hydrogen-bond donors (Lipinski definition) is 1. The highest BCUT2D eigenvalue weighted by atomic mass is 79.9. The highest BCUT2D eigenvalue weighted by molar-refractivity contribution is 9.10. The number of nitrogens with two attached hydrogens (primary N) is 1. The molecule has 1 aliphatic rings. The second kappa shape index (κ2) is 5.92. The Balaban J connectivity index is 2.21. The molecule has 1 atom stereocenters. The van der Waals surface area contributed by atoms with Gasteiger partial charge in [-0.05, 0) is 43.1 Å². The summed E-state index contributed by atoms with van der Waals surface area (Å²) in [5.41, 5.74) is 7.94. The molecular weight excluding hydrogens is 306 g/mol. The predicted molar refractivity (Wildman–Crippen MR) is 80.0 cm³/mol. The zero-order valence-corrected chi connectivity index (χ0v) is 13.0. The van der Waals surface area contributed by atoms with Crippen molar-refractivity contribution in [2.45, 2.75) is 19.4 Å². The average Bonchev–Trinajstić information content (AvgIpc) is 2.67. The first-order valence-corrected chi connectivity index (χ1v) is 7.31. The molecule has 1 aromatic rings. The van der Waals surface area contributed by atoms with Crippen LogP contribution in [0.25, 0.3) is 0 Å². The van der Waals surface area contributed by atoms with Crippen LogP contribution in [0.5, 0.6) is 0 Å². The summed E-state index contributed by atoms with van der Waals surface area (Å²) in [6.45, 7) is 4.19. The highest BCUT2D eigenvalue weighted by Gasteiger charge is 2.35. The first-order chi connectivity index (χ1) is 9.04. The van der Waals surface area contributed by atoms with Crippen LogP contribution in [-0.4, -0.2) is 42.5 Å². The van der Waals surface area contributed by atoms with E-state index in [1.54, 1.807) is 0 Å². The third kappa shape index (κ3) is 2.92. The van der Waals surface area contributed by atoms with Crippen LogP contribution in [0, 0.1) is 6.92 Å². The van der Waals surface area contributed by atoms with Gasteiger partial charge in [-0.3, -0.25) is 0 Å². The summed E-state index contributed by atoms with van der Waals surface area (Å²) < 4.78 is 1.05. The molecule has 0 spiro atoms. The fourth-order valence-electron chi connectivity index (χ4n) is 2.51. The SMILES string of the molecule is Cc1ccc(Br)cc1C1CN(CCCN)C(=O)N1C. The van der Waals surface area contributed by atoms with E-state index in [4.69, 9.17) is 5.73 Å². The van der Waals surface area contributed by atoms with E-state index in [0.29, 0.717) is 6.54 Å². The lowest BCUT2D eigenvalue weighted by molar-refractivity contribution is 0.195. The molecule has 1 aliphatic heterocycles. The number of benzene rings is 1. The number of aryl methyl sites for hydroxylation is 1. The number of carbonyl (C=O) groups excluding carboxylic acids is 1. The van der Waals surface area contributed by atoms with Gasteiger partial charge in [0.15, 0.2) is 0 Å². The van der Waals surface area contributed by atoms with Crippen LogP contribution in [0.1, 0.15) is 23.6 Å². The Kier molecular flexibility index (Phi) is 4.47. The lowest BCUT2D eigenvalue weighted by Gasteiger charge is -2.20. The van der Waals surface area contributed by atoms with Crippen molar-refractivity contribution in [3.8, 4) is 0 Å². The summed E-state index contributed by atoms with van der Waals surface area (Å²) in [5, 5.41) is 0. The molecular formula is C14H20BrN3O. The molecule has 2 amide bonds. The Morgan fingerprint density at radius 1 is 1.47 bits per heavy atom. The molecule has 0 bridgehead atoms. The molecule has 0 radical (unpaired) electrons. The minimum absolute atomic E-state index is 0.0952. The molecule has 1 heterocycles. The van der Waals surface area contributed by atoms with Crippen LogP contribution >= 0.6 is 15.9 Å². The molecule has 1 aromatic carbocycles. The number of nitrogens with zero attached hydrogens (tertiary/aromatic N) is 2. The summed E-state index contributed by atoms with van der Waals surface area (Å²) in [5.74, 6) is 0. The van der Waals surface area contributed by atoms with Crippen molar-refractivity contribution in [1.82, 2.24) is 9.80 Å². The Morgan fingerprint density at radius 2 is 2.21 bits per heavy atom. The molecule has 19 heavy (non-hydrogen) atoms. The van der Waals surface area contributed by atoms with Gasteiger partial charge in [0.25, 0.3) is 0 Å². The minimum Gasteiger partial charge on any atom is -0.330 e. The second-order valence-electron chi connectivity index (χ2n) is 5.00. The van der Waals surface area contributed by atoms with Crippen LogP contribution in [0.2, 0.25) is 0 Å². The number of hydrogen-bond acceptors (Lipinski definition) is 2. The van der Waals surface area contributed by atoms with E-state index in [1.807, 2.05) is 22.9 Å². The van der Waals surface area contributed by atoms with E-state index in [-0.39, 0.29) is 12.1 Å². The van der Waals surface area contributed by atoms with Crippen molar-refractivity contribution >= 4 is 22.0 Å². The molecule has 104 valence electrons. The van der Waals surface area contributed by atoms with Crippen LogP contribution in [0.3, 0.4) is 0 Å². The molecule has 0 aliphatic carbocycles. The quantitative estimate of drug-likeness (QED) is 0.924. The zero-order valence-electron chi connectivity index (χ0n) is 11.4. The number of rotatable bonds is 4. The first kappa shape index (κ1) is 14.3. The largest absolute Gasteiger partial charge is 0.330 e. The third-order valence-corrected chi connectivity index (χ3v) is 4.16. The second-order valence-corrected chi connectivity index (χ2v) is 5.91. The molecule has 0 aromatic heterocycles. The predicted octanol–water partition coefficient (Wildman–Crippen LogP) is 2.51. The summed E-state index contributed by atoms with van der Waals surface area (Å²) in [6.07, 6.45) is 0.851. The maximum Gasteiger partial charge on any atom is 0.320 e. The number of carbonyl (C=O) groups is 1. The molecule has 5 heteroatoms. The maximum atomic E-state index is 12.2. The van der Waals surface area contributed by atoms with E-state index < -0.39 is 0 Å². The van der Waals surface area contributed by atoms with Crippen molar-refractivity contribution in [2.24, 2.45) is 5.73 Å². The molecule has 1 unspecified atom stereocenters. The lowest BCUT2D eigenvalue weighted by Crippen LogP contribution is -2.31. The Labute approximate surface area is 122 Å². The van der Waals surface area contributed by atoms with Crippen LogP contribution in [-0.2, 0) is 0 Å². The van der Waals surface area contributed by atoms with Gasteiger partial charge >= 0.3 is 6.03 Å². The van der Waals surface area contributed by atoms with Gasteiger partial charge in [-0.1, -0.05) is 22.0 Å². The normalized spacial score (nSPS) is 19.4. The van der Waals surface area contributed by atoms with Gasteiger partial charge in [0.05, 0.1) is 6.04 Å². The van der Waals surface area contributed by atoms with Gasteiger partial charge < -0.3 is 15.5 Å². The van der Waals surface area contributed by atoms with E-state index >= 15 is 0 Å². The maximum absolute atomic E-state index is 12.2. The Hall–Kier alpha value is -1.07. The van der Waals surface area contributed by atoms with Crippen LogP contribution in [0.4, 0.5) is 4.79 Å². The number of likely N-dealkylation sites (N-methyl/N-ethyl adjacent to an activating group) is 1. The molecule has 1 fully saturated rings. The lowest BCUT2D eigenvalue weighted by atomic mass is 10.0. The summed E-state index contributed by atoms with van der Waals surface area (Å²) in [7, 11) is 1.87. The number of urea groups is 1. The highest BCUT2D eigenvalue weighted by Crippen LogP contribution is 2.31. The van der Waals surface area contributed by atoms with E-state index in [1.165, 1.54) is 11.1 Å². The molecule has 2 rings (SSSR count). The van der Waals surface area contributed by atoms with Crippen molar-refractivity contribution in [3.05, 3.63) is 33.8 Å². The number of halogens is 1. The minimum atomic E-state index is 0.0952. The van der Waals surface area contributed by atoms with Crippen molar-refractivity contribution in [2.75, 3.05) is 26.7 Å². The summed E-state index contributed by atoms with van der Waals surface area (Å²) in [6, 6.07) is 6.44. The monoisotopic (exact) mass is 325 g/mol. The molecule has 0 saturated carbocycles. The third-order valence-electron chi connectivity index (χ3n) is 3.67. The summed E-state index contributed by atoms with van der Waals surface area (Å²) >= 11 is 3.50. The van der Waals surface area contributed by atoms with Crippen molar-refractivity contribution in [1.29, 1.82) is 0 Å². The van der Waals surface area contributed by atoms with Crippen LogP contribution < -0.4 is 5.73 Å². The van der Waals surface area contributed by atoms with Gasteiger partial charge in [0.1, 0.15) is 0 Å². The number of amides is 2. The Bertz CT molecular complexity index is 478. The molecule has 1 saturated heterocycles. The van der Waals surface area contributed by atoms with Gasteiger partial charge in [0.2, 0.25) is 0 Å². The topological polar surface area (TPSA) is 49.6 Å². The standard InChI is InChI=1S/C14H20BrN3O/c1-10-4-5-11(15)8-12(10)13-9-18(7-3-6-16)14(19)17(13)2/h4-5,8,13H,3,6-7,9,16H2,1-2H3. The molecule has 2 N–H and O–H groups in total. The van der Waals surface area contributed by atoms with Gasteiger partial charge in [-0.25, -0.2) is 4.79 Å². The van der Waals surface area contributed by atoms with E-state index in [2.05, 4.69) is 35.0 Å². The fourth-order valence-corrected chi connectivity index (χ4v) is 2.89. The fraction of sp³-hybridized carbons (Fsp3) is 0.500. The van der Waals surface area contributed by atoms with Crippen molar-refractivity contribution < 1.29 is 4.79 Å². The molecule has 4 nitrogen and oxygen atoms in total. The zero-order chi connectivity index (χ0) is 14.0. The van der Waals surface area contributed by atoms with E-state index in [9.17, 15) is 4.79 Å². The smallest absolute Gasteiger partial charge is 0.320 e. The van der Waals surface area contributed by atoms with Crippen LogP contribution in [0.15, 0.2) is 22.7 Å². The van der Waals surface area contributed by atoms with Crippen molar-refractivity contribution in [3.63, 3.8) is 0 Å². The summed E-state index contributed by atoms with van der Waals surface area (Å²) in [4.78, 5) is 15.9.